The fraction of sp³-hybridized carbons (Fsp3) is 0.154. The van der Waals surface area contributed by atoms with E-state index in [1.54, 1.807) is 25.1 Å². The average molecular weight is 332 g/mol. The van der Waals surface area contributed by atoms with Crippen molar-refractivity contribution in [1.82, 2.24) is 9.78 Å². The van der Waals surface area contributed by atoms with Gasteiger partial charge in [-0.25, -0.2) is 4.68 Å². The molecule has 0 bridgehead atoms. The van der Waals surface area contributed by atoms with Gasteiger partial charge < -0.3 is 0 Å². The van der Waals surface area contributed by atoms with Gasteiger partial charge in [-0.15, -0.1) is 0 Å². The van der Waals surface area contributed by atoms with Crippen LogP contribution in [0.4, 0.5) is 0 Å². The zero-order valence-corrected chi connectivity index (χ0v) is 12.6. The normalized spacial score (nSPS) is 10.6. The summed E-state index contributed by atoms with van der Waals surface area (Å²) in [4.78, 5) is 23.9. The Morgan fingerprint density at radius 1 is 1.25 bits per heavy atom. The molecule has 0 fully saturated rings. The highest BCUT2D eigenvalue weighted by Gasteiger charge is 2.13. The molecule has 104 valence electrons. The van der Waals surface area contributed by atoms with Gasteiger partial charge in [0.25, 0.3) is 5.56 Å². The van der Waals surface area contributed by atoms with E-state index in [-0.39, 0.29) is 22.4 Å². The molecule has 0 unspecified atom stereocenters. The number of halogens is 3. The van der Waals surface area contributed by atoms with Crippen LogP contribution in [0, 0.1) is 6.92 Å². The van der Waals surface area contributed by atoms with Gasteiger partial charge in [0.05, 0.1) is 11.2 Å². The lowest BCUT2D eigenvalue weighted by Gasteiger charge is -2.06. The molecule has 0 saturated heterocycles. The highest BCUT2D eigenvalue weighted by atomic mass is 35.5. The first-order valence-electron chi connectivity index (χ1n) is 5.60. The predicted molar refractivity (Wildman–Crippen MR) is 79.0 cm³/mol. The fourth-order valence-corrected chi connectivity index (χ4v) is 1.99. The summed E-state index contributed by atoms with van der Waals surface area (Å²) in [6.45, 7) is 1.58. The Morgan fingerprint density at radius 2 is 1.95 bits per heavy atom. The maximum Gasteiger partial charge on any atom is 0.287 e. The lowest BCUT2D eigenvalue weighted by molar-refractivity contribution is 0.0965. The third kappa shape index (κ3) is 3.03. The third-order valence-electron chi connectivity index (χ3n) is 2.72. The highest BCUT2D eigenvalue weighted by Crippen LogP contribution is 2.17. The van der Waals surface area contributed by atoms with Crippen molar-refractivity contribution in [3.8, 4) is 0 Å². The van der Waals surface area contributed by atoms with Crippen LogP contribution in [-0.2, 0) is 6.54 Å². The molecular formula is C13H9Cl3N2O2. The number of rotatable bonds is 3. The maximum absolute atomic E-state index is 12.1. The first-order chi connectivity index (χ1) is 9.40. The molecule has 0 aliphatic carbocycles. The van der Waals surface area contributed by atoms with E-state index in [9.17, 15) is 9.59 Å². The van der Waals surface area contributed by atoms with Crippen LogP contribution in [0.25, 0.3) is 0 Å². The molecule has 0 amide bonds. The Morgan fingerprint density at radius 3 is 2.60 bits per heavy atom. The number of carbonyl (C=O) groups excluding carboxylic acids is 1. The number of aryl methyl sites for hydroxylation is 1. The molecule has 1 heterocycles. The predicted octanol–water partition coefficient (Wildman–Crippen LogP) is 3.39. The van der Waals surface area contributed by atoms with Gasteiger partial charge in [-0.1, -0.05) is 34.8 Å². The Hall–Kier alpha value is -1.36. The number of carbonyl (C=O) groups is 1. The van der Waals surface area contributed by atoms with Gasteiger partial charge in [-0.3, -0.25) is 9.59 Å². The van der Waals surface area contributed by atoms with Crippen molar-refractivity contribution in [3.63, 3.8) is 0 Å². The summed E-state index contributed by atoms with van der Waals surface area (Å²) in [6, 6.07) is 4.89. The summed E-state index contributed by atoms with van der Waals surface area (Å²) in [5, 5.41) is 4.27. The molecule has 2 rings (SSSR count). The van der Waals surface area contributed by atoms with Gasteiger partial charge in [0, 0.05) is 10.6 Å². The number of Topliss-reactive ketones (excluding diaryl/α,β-unsaturated/α-hetero) is 1. The molecule has 1 aromatic heterocycles. The second kappa shape index (κ2) is 5.95. The summed E-state index contributed by atoms with van der Waals surface area (Å²) in [5.41, 5.74) is 0.636. The molecule has 7 heteroatoms. The molecule has 0 atom stereocenters. The van der Waals surface area contributed by atoms with E-state index in [0.717, 1.165) is 10.2 Å². The lowest BCUT2D eigenvalue weighted by Crippen LogP contribution is -2.27. The number of aromatic nitrogens is 2. The van der Waals surface area contributed by atoms with Crippen LogP contribution >= 0.6 is 34.8 Å². The first-order valence-corrected chi connectivity index (χ1v) is 6.74. The Labute approximate surface area is 129 Å². The van der Waals surface area contributed by atoms with E-state index in [1.165, 1.54) is 6.20 Å². The van der Waals surface area contributed by atoms with Crippen LogP contribution in [-0.4, -0.2) is 15.6 Å². The molecule has 2 aromatic rings. The molecule has 0 spiro atoms. The SMILES string of the molecule is Cc1cc(C(=O)Cn2ncc(Cl)c(Cl)c2=O)ccc1Cl. The number of nitrogens with zero attached hydrogens (tertiary/aromatic N) is 2. The van der Waals surface area contributed by atoms with Crippen LogP contribution in [0.15, 0.2) is 29.2 Å². The lowest BCUT2D eigenvalue weighted by atomic mass is 10.1. The first kappa shape index (κ1) is 15.0. The van der Waals surface area contributed by atoms with Gasteiger partial charge in [0.1, 0.15) is 11.6 Å². The molecule has 0 radical (unpaired) electrons. The van der Waals surface area contributed by atoms with Crippen LogP contribution in [0.1, 0.15) is 15.9 Å². The maximum atomic E-state index is 12.1. The standard InChI is InChI=1S/C13H9Cl3N2O2/c1-7-4-8(2-3-9(7)14)11(19)6-18-13(20)12(16)10(15)5-17-18/h2-5H,6H2,1H3. The molecule has 0 N–H and O–H groups in total. The number of ketones is 1. The summed E-state index contributed by atoms with van der Waals surface area (Å²) in [7, 11) is 0. The highest BCUT2D eigenvalue weighted by molar-refractivity contribution is 6.41. The minimum Gasteiger partial charge on any atom is -0.292 e. The summed E-state index contributed by atoms with van der Waals surface area (Å²) < 4.78 is 0.973. The summed E-state index contributed by atoms with van der Waals surface area (Å²) >= 11 is 17.3. The number of hydrogen-bond acceptors (Lipinski definition) is 3. The van der Waals surface area contributed by atoms with Crippen LogP contribution in [0.5, 0.6) is 0 Å². The van der Waals surface area contributed by atoms with Crippen molar-refractivity contribution in [3.05, 3.63) is 60.9 Å². The van der Waals surface area contributed by atoms with Gasteiger partial charge in [-0.05, 0) is 30.7 Å². The van der Waals surface area contributed by atoms with Crippen molar-refractivity contribution in [2.45, 2.75) is 13.5 Å². The Bertz CT molecular complexity index is 741. The van der Waals surface area contributed by atoms with E-state index >= 15 is 0 Å². The topological polar surface area (TPSA) is 52.0 Å². The van der Waals surface area contributed by atoms with E-state index < -0.39 is 5.56 Å². The zero-order chi connectivity index (χ0) is 14.9. The number of benzene rings is 1. The van der Waals surface area contributed by atoms with Gasteiger partial charge in [0.2, 0.25) is 0 Å². The van der Waals surface area contributed by atoms with E-state index in [4.69, 9.17) is 34.8 Å². The minimum atomic E-state index is -0.599. The van der Waals surface area contributed by atoms with Gasteiger partial charge >= 0.3 is 0 Å². The molecule has 0 aliphatic rings. The fourth-order valence-electron chi connectivity index (χ4n) is 1.60. The van der Waals surface area contributed by atoms with Gasteiger partial charge in [0.15, 0.2) is 5.78 Å². The molecule has 1 aromatic carbocycles. The van der Waals surface area contributed by atoms with Crippen molar-refractivity contribution < 1.29 is 4.79 Å². The van der Waals surface area contributed by atoms with E-state index in [2.05, 4.69) is 5.10 Å². The van der Waals surface area contributed by atoms with E-state index in [0.29, 0.717) is 10.6 Å². The molecular weight excluding hydrogens is 323 g/mol. The largest absolute Gasteiger partial charge is 0.292 e. The Balaban J connectivity index is 2.30. The van der Waals surface area contributed by atoms with Crippen LogP contribution in [0.3, 0.4) is 0 Å². The minimum absolute atomic E-state index is 0.0581. The molecule has 0 aliphatic heterocycles. The van der Waals surface area contributed by atoms with Crippen LogP contribution in [0.2, 0.25) is 15.1 Å². The Kier molecular flexibility index (Phi) is 4.48. The summed E-state index contributed by atoms with van der Waals surface area (Å²) in [5.74, 6) is -0.266. The smallest absolute Gasteiger partial charge is 0.287 e. The van der Waals surface area contributed by atoms with E-state index in [1.807, 2.05) is 0 Å². The second-order valence-corrected chi connectivity index (χ2v) is 5.35. The summed E-state index contributed by atoms with van der Waals surface area (Å²) in [6.07, 6.45) is 1.23. The third-order valence-corrected chi connectivity index (χ3v) is 3.89. The van der Waals surface area contributed by atoms with Crippen LogP contribution < -0.4 is 5.56 Å². The molecule has 4 nitrogen and oxygen atoms in total. The zero-order valence-electron chi connectivity index (χ0n) is 10.4. The van der Waals surface area contributed by atoms with Gasteiger partial charge in [-0.2, -0.15) is 5.10 Å². The quantitative estimate of drug-likeness (QED) is 0.810. The monoisotopic (exact) mass is 330 g/mol. The van der Waals surface area contributed by atoms with Crippen molar-refractivity contribution in [2.75, 3.05) is 0 Å². The molecule has 0 saturated carbocycles. The van der Waals surface area contributed by atoms with Crippen molar-refractivity contribution in [2.24, 2.45) is 0 Å². The van der Waals surface area contributed by atoms with Crippen molar-refractivity contribution in [1.29, 1.82) is 0 Å². The number of hydrogen-bond donors (Lipinski definition) is 0. The van der Waals surface area contributed by atoms with Crippen molar-refractivity contribution >= 4 is 40.6 Å². The average Bonchev–Trinajstić information content (AvgIpc) is 2.42. The second-order valence-electron chi connectivity index (χ2n) is 4.16. The molecule has 20 heavy (non-hydrogen) atoms.